The van der Waals surface area contributed by atoms with E-state index in [1.165, 1.54) is 0 Å². The predicted octanol–water partition coefficient (Wildman–Crippen LogP) is 3.04. The van der Waals surface area contributed by atoms with Crippen molar-refractivity contribution in [1.29, 1.82) is 0 Å². The number of nitrogens with zero attached hydrogens (tertiary/aromatic N) is 6. The lowest BCUT2D eigenvalue weighted by atomic mass is 10.1. The van der Waals surface area contributed by atoms with Crippen LogP contribution in [0.2, 0.25) is 5.02 Å². The van der Waals surface area contributed by atoms with Crippen molar-refractivity contribution in [2.45, 2.75) is 6.42 Å². The number of halogens is 1. The van der Waals surface area contributed by atoms with Crippen molar-refractivity contribution in [3.05, 3.63) is 65.2 Å². The molecule has 1 aromatic heterocycles. The second-order valence-corrected chi connectivity index (χ2v) is 11.1. The highest BCUT2D eigenvalue weighted by Crippen LogP contribution is 2.33. The summed E-state index contributed by atoms with van der Waals surface area (Å²) in [5.41, 5.74) is 2.02. The number of hydrogen-bond donors (Lipinski definition) is 0. The fraction of sp³-hybridized carbons (Fsp3) is 0.419. The molecule has 0 spiro atoms. The number of aromatic nitrogens is 2. The van der Waals surface area contributed by atoms with Crippen molar-refractivity contribution in [2.75, 3.05) is 83.8 Å². The van der Waals surface area contributed by atoms with Crippen LogP contribution in [0.1, 0.15) is 16.8 Å². The van der Waals surface area contributed by atoms with Gasteiger partial charge < -0.3 is 28.9 Å². The van der Waals surface area contributed by atoms with E-state index in [1.807, 2.05) is 41.3 Å². The summed E-state index contributed by atoms with van der Waals surface area (Å²) >= 11 is 6.33. The van der Waals surface area contributed by atoms with E-state index in [2.05, 4.69) is 20.0 Å². The summed E-state index contributed by atoms with van der Waals surface area (Å²) in [5.74, 6) is 1.64. The van der Waals surface area contributed by atoms with E-state index in [4.69, 9.17) is 25.8 Å². The normalized spacial score (nSPS) is 17.0. The smallest absolute Gasteiger partial charge is 0.254 e. The predicted molar refractivity (Wildman–Crippen MR) is 162 cm³/mol. The number of hydrogen-bond acceptors (Lipinski definition) is 9. The van der Waals surface area contributed by atoms with Crippen molar-refractivity contribution in [2.24, 2.45) is 0 Å². The van der Waals surface area contributed by atoms with Crippen LogP contribution in [0.3, 0.4) is 0 Å². The molecule has 0 bridgehead atoms. The summed E-state index contributed by atoms with van der Waals surface area (Å²) < 4.78 is 16.4. The molecule has 0 unspecified atom stereocenters. The van der Waals surface area contributed by atoms with Crippen LogP contribution in [0.25, 0.3) is 11.3 Å². The maximum Gasteiger partial charge on any atom is 0.254 e. The molecule has 3 aromatic rings. The lowest BCUT2D eigenvalue weighted by molar-refractivity contribution is -0.131. The van der Waals surface area contributed by atoms with E-state index in [0.717, 1.165) is 37.4 Å². The second-order valence-electron chi connectivity index (χ2n) is 10.7. The van der Waals surface area contributed by atoms with E-state index in [-0.39, 0.29) is 25.2 Å². The van der Waals surface area contributed by atoms with Crippen molar-refractivity contribution >= 4 is 29.2 Å². The van der Waals surface area contributed by atoms with Crippen molar-refractivity contribution in [1.82, 2.24) is 24.9 Å². The highest BCUT2D eigenvalue weighted by Gasteiger charge is 2.27. The van der Waals surface area contributed by atoms with Gasteiger partial charge in [0, 0.05) is 63.5 Å². The Morgan fingerprint density at radius 1 is 0.884 bits per heavy atom. The molecule has 2 fully saturated rings. The third kappa shape index (κ3) is 7.01. The average molecular weight is 607 g/mol. The van der Waals surface area contributed by atoms with Gasteiger partial charge in [0.2, 0.25) is 12.7 Å². The Balaban J connectivity index is 1.10. The lowest BCUT2D eigenvalue weighted by Gasteiger charge is -2.31. The third-order valence-corrected chi connectivity index (χ3v) is 8.33. The van der Waals surface area contributed by atoms with E-state index in [1.54, 1.807) is 23.1 Å². The van der Waals surface area contributed by atoms with Gasteiger partial charge >= 0.3 is 0 Å². The van der Waals surface area contributed by atoms with Crippen LogP contribution in [-0.2, 0) is 9.53 Å². The van der Waals surface area contributed by atoms with Crippen LogP contribution in [0.5, 0.6) is 11.5 Å². The summed E-state index contributed by atoms with van der Waals surface area (Å²) in [6.07, 6.45) is 0.781. The molecule has 6 rings (SSSR count). The molecule has 226 valence electrons. The van der Waals surface area contributed by atoms with Crippen LogP contribution in [0.4, 0.5) is 5.82 Å². The number of fused-ring (bicyclic) bond motifs is 1. The molecule has 2 amide bonds. The van der Waals surface area contributed by atoms with Gasteiger partial charge in [0.1, 0.15) is 6.54 Å². The van der Waals surface area contributed by atoms with E-state index >= 15 is 0 Å². The molecule has 3 aliphatic heterocycles. The fourth-order valence-corrected chi connectivity index (χ4v) is 5.75. The van der Waals surface area contributed by atoms with Crippen LogP contribution < -0.4 is 14.4 Å². The number of benzene rings is 2. The lowest BCUT2D eigenvalue weighted by Crippen LogP contribution is -2.47. The molecular formula is C31H35ClN6O5. The summed E-state index contributed by atoms with van der Waals surface area (Å²) in [7, 11) is 0. The van der Waals surface area contributed by atoms with Crippen molar-refractivity contribution in [3.8, 4) is 22.8 Å². The molecule has 2 saturated heterocycles. The van der Waals surface area contributed by atoms with E-state index in [0.29, 0.717) is 73.7 Å². The highest BCUT2D eigenvalue weighted by atomic mass is 35.5. The topological polar surface area (TPSA) is 101 Å². The maximum atomic E-state index is 13.7. The Labute approximate surface area is 255 Å². The zero-order valence-electron chi connectivity index (χ0n) is 24.0. The average Bonchev–Trinajstić information content (AvgIpc) is 3.38. The van der Waals surface area contributed by atoms with Crippen LogP contribution in [0.15, 0.2) is 54.6 Å². The Hall–Kier alpha value is -3.93. The van der Waals surface area contributed by atoms with E-state index < -0.39 is 0 Å². The molecule has 0 saturated carbocycles. The highest BCUT2D eigenvalue weighted by molar-refractivity contribution is 6.33. The molecule has 43 heavy (non-hydrogen) atoms. The van der Waals surface area contributed by atoms with Gasteiger partial charge in [-0.25, -0.2) is 0 Å². The first-order valence-electron chi connectivity index (χ1n) is 14.7. The molecule has 0 aliphatic carbocycles. The van der Waals surface area contributed by atoms with Crippen LogP contribution in [-0.4, -0.2) is 116 Å². The number of rotatable bonds is 8. The third-order valence-electron chi connectivity index (χ3n) is 8.00. The molecular weight excluding hydrogens is 572 g/mol. The molecule has 2 aromatic carbocycles. The molecule has 0 N–H and O–H groups in total. The molecule has 12 heteroatoms. The first kappa shape index (κ1) is 29.2. The summed E-state index contributed by atoms with van der Waals surface area (Å²) in [6, 6.07) is 16.6. The maximum absolute atomic E-state index is 13.7. The SMILES string of the molecule is O=C(CN(CCN1CCOCC1)C(=O)c1ccc2c(c1)OCO2)N1CCCN(c2ccc(-c3ccccc3Cl)nn2)CC1. The number of morpholine rings is 1. The summed E-state index contributed by atoms with van der Waals surface area (Å²) in [6.45, 7) is 6.72. The monoisotopic (exact) mass is 606 g/mol. The van der Waals surface area contributed by atoms with Gasteiger partial charge in [-0.3, -0.25) is 14.5 Å². The number of amides is 2. The first-order chi connectivity index (χ1) is 21.0. The zero-order valence-corrected chi connectivity index (χ0v) is 24.7. The zero-order chi connectivity index (χ0) is 29.6. The van der Waals surface area contributed by atoms with Gasteiger partial charge in [-0.1, -0.05) is 29.8 Å². The fourth-order valence-electron chi connectivity index (χ4n) is 5.52. The first-order valence-corrected chi connectivity index (χ1v) is 15.0. The van der Waals surface area contributed by atoms with Gasteiger partial charge in [-0.15, -0.1) is 10.2 Å². The van der Waals surface area contributed by atoms with E-state index in [9.17, 15) is 9.59 Å². The Morgan fingerprint density at radius 2 is 1.72 bits per heavy atom. The molecule has 11 nitrogen and oxygen atoms in total. The summed E-state index contributed by atoms with van der Waals surface area (Å²) in [5, 5.41) is 9.50. The van der Waals surface area contributed by atoms with Crippen molar-refractivity contribution in [3.63, 3.8) is 0 Å². The van der Waals surface area contributed by atoms with Gasteiger partial charge in [0.25, 0.3) is 5.91 Å². The quantitative estimate of drug-likeness (QED) is 0.383. The molecule has 4 heterocycles. The minimum absolute atomic E-state index is 0.00392. The van der Waals surface area contributed by atoms with Crippen LogP contribution in [0, 0.1) is 0 Å². The van der Waals surface area contributed by atoms with Crippen molar-refractivity contribution < 1.29 is 23.8 Å². The molecule has 3 aliphatic rings. The van der Waals surface area contributed by atoms with Gasteiger partial charge in [-0.05, 0) is 42.8 Å². The van der Waals surface area contributed by atoms with Gasteiger partial charge in [-0.2, -0.15) is 0 Å². The molecule has 0 atom stereocenters. The number of carbonyl (C=O) groups is 2. The standard InChI is InChI=1S/C31H35ClN6O5/c32-25-5-2-1-4-24(25)26-7-9-29(34-33-26)36-10-3-11-37(15-14-36)30(39)21-38(13-12-35-16-18-41-19-17-35)31(40)23-6-8-27-28(20-23)43-22-42-27/h1-2,4-9,20H,3,10-19,21-22H2. The second kappa shape index (κ2) is 13.6. The number of anilines is 1. The Bertz CT molecular complexity index is 1430. The van der Waals surface area contributed by atoms with Gasteiger partial charge in [0.15, 0.2) is 17.3 Å². The van der Waals surface area contributed by atoms with Crippen LogP contribution >= 0.6 is 11.6 Å². The molecule has 0 radical (unpaired) electrons. The number of ether oxygens (including phenoxy) is 3. The largest absolute Gasteiger partial charge is 0.454 e. The minimum Gasteiger partial charge on any atom is -0.454 e. The number of carbonyl (C=O) groups excluding carboxylic acids is 2. The Kier molecular flexibility index (Phi) is 9.21. The summed E-state index contributed by atoms with van der Waals surface area (Å²) in [4.78, 5) is 35.2. The Morgan fingerprint density at radius 3 is 2.53 bits per heavy atom. The van der Waals surface area contributed by atoms with Gasteiger partial charge in [0.05, 0.1) is 23.9 Å². The minimum atomic E-state index is -0.203.